The first-order valence-electron chi connectivity index (χ1n) is 9.66. The second-order valence-electron chi connectivity index (χ2n) is 7.55. The zero-order chi connectivity index (χ0) is 17.5. The third-order valence-corrected chi connectivity index (χ3v) is 5.67. The molecule has 1 N–H and O–H groups in total. The molecule has 2 aromatic carbocycles. The summed E-state index contributed by atoms with van der Waals surface area (Å²) in [5.41, 5.74) is 6.29. The van der Waals surface area contributed by atoms with Gasteiger partial charge in [0, 0.05) is 49.7 Å². The molecule has 134 valence electrons. The zero-order valence-corrected chi connectivity index (χ0v) is 15.2. The average molecular weight is 347 g/mol. The van der Waals surface area contributed by atoms with E-state index in [0.29, 0.717) is 5.92 Å². The fraction of sp³-hybridized carbons (Fsp3) is 0.409. The molecule has 4 nitrogen and oxygen atoms in total. The average Bonchev–Trinajstić information content (AvgIpc) is 3.44. The van der Waals surface area contributed by atoms with Crippen molar-refractivity contribution in [3.8, 4) is 11.3 Å². The van der Waals surface area contributed by atoms with Crippen LogP contribution in [0.15, 0.2) is 42.5 Å². The Bertz CT molecular complexity index is 924. The van der Waals surface area contributed by atoms with Gasteiger partial charge in [0.05, 0.1) is 5.52 Å². The van der Waals surface area contributed by atoms with Crippen molar-refractivity contribution in [1.29, 1.82) is 0 Å². The number of hydrogen-bond donors (Lipinski definition) is 1. The maximum Gasteiger partial charge on any atom is 0.100 e. The first-order valence-corrected chi connectivity index (χ1v) is 9.66. The lowest BCUT2D eigenvalue weighted by atomic mass is 9.88. The van der Waals surface area contributed by atoms with Crippen LogP contribution in [0.4, 0.5) is 0 Å². The molecule has 0 saturated heterocycles. The molecule has 1 saturated carbocycles. The van der Waals surface area contributed by atoms with E-state index < -0.39 is 0 Å². The van der Waals surface area contributed by atoms with Crippen LogP contribution >= 0.6 is 0 Å². The number of rotatable bonds is 7. The number of benzene rings is 2. The van der Waals surface area contributed by atoms with Crippen LogP contribution in [0.1, 0.15) is 36.3 Å². The highest BCUT2D eigenvalue weighted by molar-refractivity contribution is 5.94. The molecule has 1 unspecified atom stereocenters. The Morgan fingerprint density at radius 3 is 2.69 bits per heavy atom. The van der Waals surface area contributed by atoms with Gasteiger partial charge in [0.25, 0.3) is 0 Å². The molecule has 1 atom stereocenters. The van der Waals surface area contributed by atoms with Crippen molar-refractivity contribution >= 4 is 10.9 Å². The van der Waals surface area contributed by atoms with Gasteiger partial charge in [-0.3, -0.25) is 4.68 Å². The lowest BCUT2D eigenvalue weighted by Gasteiger charge is -2.20. The number of nitrogens with one attached hydrogen (secondary N) is 1. The fourth-order valence-electron chi connectivity index (χ4n) is 4.02. The van der Waals surface area contributed by atoms with Crippen LogP contribution in [0.3, 0.4) is 0 Å². The van der Waals surface area contributed by atoms with Crippen LogP contribution in [0, 0.1) is 0 Å². The zero-order valence-electron chi connectivity index (χ0n) is 15.2. The second-order valence-corrected chi connectivity index (χ2v) is 7.55. The van der Waals surface area contributed by atoms with Gasteiger partial charge in [-0.15, -0.1) is 0 Å². The van der Waals surface area contributed by atoms with E-state index >= 15 is 0 Å². The molecule has 3 aromatic rings. The van der Waals surface area contributed by atoms with E-state index in [-0.39, 0.29) is 0 Å². The summed E-state index contributed by atoms with van der Waals surface area (Å²) in [6.45, 7) is 2.65. The van der Waals surface area contributed by atoms with Crippen molar-refractivity contribution in [3.05, 3.63) is 53.6 Å². The summed E-state index contributed by atoms with van der Waals surface area (Å²) in [5, 5.41) is 9.92. The lowest BCUT2D eigenvalue weighted by Crippen LogP contribution is -2.24. The minimum Gasteiger partial charge on any atom is -0.385 e. The Hall–Kier alpha value is -2.17. The van der Waals surface area contributed by atoms with Gasteiger partial charge in [-0.05, 0) is 36.5 Å². The number of aryl methyl sites for hydroxylation is 1. The molecule has 1 fully saturated rings. The number of hydrogen-bond acceptors (Lipinski definition) is 3. The Balaban J connectivity index is 1.61. The Labute approximate surface area is 154 Å². The van der Waals surface area contributed by atoms with Crippen LogP contribution < -0.4 is 5.32 Å². The van der Waals surface area contributed by atoms with Crippen molar-refractivity contribution in [1.82, 2.24) is 15.1 Å². The predicted octanol–water partition coefficient (Wildman–Crippen LogP) is 3.94. The third kappa shape index (κ3) is 2.83. The summed E-state index contributed by atoms with van der Waals surface area (Å²) in [4.78, 5) is 0. The third-order valence-electron chi connectivity index (χ3n) is 5.67. The topological polar surface area (TPSA) is 39.1 Å². The molecule has 0 radical (unpaired) electrons. The number of nitrogens with zero attached hydrogens (tertiary/aromatic N) is 2. The Kier molecular flexibility index (Phi) is 4.03. The largest absolute Gasteiger partial charge is 0.385 e. The summed E-state index contributed by atoms with van der Waals surface area (Å²) in [5.74, 6) is 0.387. The number of methoxy groups -OCH3 is 1. The quantitative estimate of drug-likeness (QED) is 0.658. The molecule has 4 heteroatoms. The van der Waals surface area contributed by atoms with E-state index in [1.807, 2.05) is 0 Å². The molecule has 26 heavy (non-hydrogen) atoms. The summed E-state index contributed by atoms with van der Waals surface area (Å²) in [7, 11) is 1.76. The van der Waals surface area contributed by atoms with Crippen molar-refractivity contribution < 1.29 is 4.74 Å². The van der Waals surface area contributed by atoms with Crippen molar-refractivity contribution in [3.63, 3.8) is 0 Å². The predicted molar refractivity (Wildman–Crippen MR) is 105 cm³/mol. The smallest absolute Gasteiger partial charge is 0.100 e. The summed E-state index contributed by atoms with van der Waals surface area (Å²) < 4.78 is 7.39. The highest BCUT2D eigenvalue weighted by Gasteiger charge is 2.25. The van der Waals surface area contributed by atoms with Crippen LogP contribution in [0.5, 0.6) is 0 Å². The van der Waals surface area contributed by atoms with Crippen molar-refractivity contribution in [2.75, 3.05) is 20.3 Å². The molecule has 8 rings (SSSR count). The van der Waals surface area contributed by atoms with Gasteiger partial charge >= 0.3 is 0 Å². The number of aromatic nitrogens is 2. The van der Waals surface area contributed by atoms with Crippen LogP contribution in [0.25, 0.3) is 22.2 Å². The van der Waals surface area contributed by atoms with Gasteiger partial charge in [0.15, 0.2) is 0 Å². The molecule has 0 aliphatic heterocycles. The van der Waals surface area contributed by atoms with Gasteiger partial charge in [0.1, 0.15) is 5.69 Å². The molecule has 1 aromatic heterocycles. The van der Waals surface area contributed by atoms with Crippen LogP contribution in [0.2, 0.25) is 0 Å². The standard InChI is InChI=1S/C22H25N3O/c1-26-12-2-11-25-21-13-17-7-10-19(21)22(24-25)16-5-3-15(4-6-16)20(17)14-23-18-8-9-18/h3-7,10,13,18,20,23H,2,8-9,11-12,14H2,1H3. The van der Waals surface area contributed by atoms with E-state index in [2.05, 4.69) is 52.5 Å². The lowest BCUT2D eigenvalue weighted by molar-refractivity contribution is 0.189. The van der Waals surface area contributed by atoms with Crippen LogP contribution in [-0.2, 0) is 11.3 Å². The Morgan fingerprint density at radius 1 is 1.12 bits per heavy atom. The first-order chi connectivity index (χ1) is 12.8. The maximum atomic E-state index is 5.23. The van der Waals surface area contributed by atoms with E-state index in [1.54, 1.807) is 7.11 Å². The van der Waals surface area contributed by atoms with Crippen molar-refractivity contribution in [2.24, 2.45) is 0 Å². The molecular formula is C22H25N3O. The summed E-state index contributed by atoms with van der Waals surface area (Å²) in [6.07, 6.45) is 3.61. The maximum absolute atomic E-state index is 5.23. The molecule has 5 aliphatic carbocycles. The minimum absolute atomic E-state index is 0.387. The summed E-state index contributed by atoms with van der Waals surface area (Å²) in [6, 6.07) is 16.7. The molecular weight excluding hydrogens is 322 g/mol. The van der Waals surface area contributed by atoms with Gasteiger partial charge < -0.3 is 10.1 Å². The molecule has 0 amide bonds. The monoisotopic (exact) mass is 347 g/mol. The van der Waals surface area contributed by atoms with Gasteiger partial charge in [-0.25, -0.2) is 0 Å². The van der Waals surface area contributed by atoms with E-state index in [9.17, 15) is 0 Å². The molecule has 0 spiro atoms. The highest BCUT2D eigenvalue weighted by atomic mass is 16.5. The first kappa shape index (κ1) is 16.0. The Morgan fingerprint density at radius 2 is 1.92 bits per heavy atom. The van der Waals surface area contributed by atoms with E-state index in [0.717, 1.165) is 37.9 Å². The molecule has 5 aliphatic rings. The second kappa shape index (κ2) is 6.53. The number of ether oxygens (including phenoxy) is 1. The normalized spacial score (nSPS) is 18.3. The molecule has 1 heterocycles. The van der Waals surface area contributed by atoms with Crippen molar-refractivity contribution in [2.45, 2.75) is 37.8 Å². The van der Waals surface area contributed by atoms with Crippen LogP contribution in [-0.4, -0.2) is 36.1 Å². The van der Waals surface area contributed by atoms with Gasteiger partial charge in [-0.1, -0.05) is 36.4 Å². The molecule has 6 bridgehead atoms. The minimum atomic E-state index is 0.387. The van der Waals surface area contributed by atoms with E-state index in [1.165, 1.54) is 40.4 Å². The summed E-state index contributed by atoms with van der Waals surface area (Å²) >= 11 is 0. The van der Waals surface area contributed by atoms with Gasteiger partial charge in [-0.2, -0.15) is 5.10 Å². The van der Waals surface area contributed by atoms with E-state index in [4.69, 9.17) is 9.84 Å². The fourth-order valence-corrected chi connectivity index (χ4v) is 4.02. The van der Waals surface area contributed by atoms with Gasteiger partial charge in [0.2, 0.25) is 0 Å². The highest BCUT2D eigenvalue weighted by Crippen LogP contribution is 2.36. The SMILES string of the molecule is COCCCn1nc2c3ccc(cc31)C(CNC1CC1)c1ccc-2cc1.